The summed E-state index contributed by atoms with van der Waals surface area (Å²) in [5.74, 6) is -0.461. The van der Waals surface area contributed by atoms with Crippen LogP contribution in [0.15, 0.2) is 23.1 Å². The van der Waals surface area contributed by atoms with Crippen LogP contribution in [0.1, 0.15) is 12.0 Å². The molecule has 0 aliphatic rings. The third-order valence-electron chi connectivity index (χ3n) is 2.52. The molecule has 0 saturated carbocycles. The highest BCUT2D eigenvalue weighted by molar-refractivity contribution is 7.89. The largest absolute Gasteiger partial charge is 0.383 e. The van der Waals surface area contributed by atoms with Crippen molar-refractivity contribution in [3.8, 4) is 0 Å². The van der Waals surface area contributed by atoms with Gasteiger partial charge in [-0.15, -0.1) is 11.6 Å². The van der Waals surface area contributed by atoms with E-state index in [0.717, 1.165) is 6.07 Å². The molecule has 1 N–H and O–H groups in total. The highest BCUT2D eigenvalue weighted by atomic mass is 35.5. The second-order valence-corrected chi connectivity index (χ2v) is 6.50. The average Bonchev–Trinajstić information content (AvgIpc) is 2.28. The molecule has 1 atom stereocenters. The number of aryl methyl sites for hydroxylation is 1. The maximum atomic E-state index is 12.9. The molecule has 0 aliphatic heterocycles. The molecule has 4 nitrogen and oxygen atoms in total. The summed E-state index contributed by atoms with van der Waals surface area (Å²) in [5, 5.41) is -0.248. The molecule has 0 heterocycles. The number of nitrogens with one attached hydrogen (secondary N) is 1. The summed E-state index contributed by atoms with van der Waals surface area (Å²) in [6, 6.07) is 3.56. The number of sulfonamides is 1. The zero-order chi connectivity index (χ0) is 14.5. The van der Waals surface area contributed by atoms with Crippen molar-refractivity contribution < 1.29 is 17.5 Å². The Morgan fingerprint density at radius 2 is 2.16 bits per heavy atom. The lowest BCUT2D eigenvalue weighted by Crippen LogP contribution is -2.27. The maximum absolute atomic E-state index is 12.9. The fraction of sp³-hybridized carbons (Fsp3) is 0.500. The van der Waals surface area contributed by atoms with Gasteiger partial charge in [-0.25, -0.2) is 17.5 Å². The number of hydrogen-bond acceptors (Lipinski definition) is 3. The molecule has 1 unspecified atom stereocenters. The van der Waals surface area contributed by atoms with Crippen LogP contribution in [0.3, 0.4) is 0 Å². The van der Waals surface area contributed by atoms with Crippen molar-refractivity contribution in [3.63, 3.8) is 0 Å². The van der Waals surface area contributed by atoms with Crippen LogP contribution in [0.5, 0.6) is 0 Å². The maximum Gasteiger partial charge on any atom is 0.240 e. The molecule has 108 valence electrons. The molecular formula is C12H17ClFNO3S. The number of hydrogen-bond donors (Lipinski definition) is 1. The molecule has 1 aromatic carbocycles. The number of halogens is 2. The molecule has 0 spiro atoms. The molecule has 0 amide bonds. The zero-order valence-corrected chi connectivity index (χ0v) is 12.4. The lowest BCUT2D eigenvalue weighted by Gasteiger charge is -2.11. The standard InChI is InChI=1S/C12H17ClFNO3S/c1-9-7-11(14)3-4-12(9)19(16,17)15-6-5-10(13)8-18-2/h3-4,7,10,15H,5-6,8H2,1-2H3. The fourth-order valence-corrected chi connectivity index (χ4v) is 3.11. The highest BCUT2D eigenvalue weighted by Gasteiger charge is 2.17. The third kappa shape index (κ3) is 5.06. The molecule has 0 aliphatic carbocycles. The molecule has 0 bridgehead atoms. The van der Waals surface area contributed by atoms with Gasteiger partial charge in [-0.05, 0) is 37.1 Å². The smallest absolute Gasteiger partial charge is 0.240 e. The van der Waals surface area contributed by atoms with Gasteiger partial charge in [0.05, 0.1) is 16.9 Å². The summed E-state index contributed by atoms with van der Waals surface area (Å²) < 4.78 is 44.2. The van der Waals surface area contributed by atoms with Gasteiger partial charge in [0, 0.05) is 13.7 Å². The number of rotatable bonds is 7. The summed E-state index contributed by atoms with van der Waals surface area (Å²) >= 11 is 5.90. The van der Waals surface area contributed by atoms with E-state index in [-0.39, 0.29) is 16.8 Å². The Morgan fingerprint density at radius 1 is 1.47 bits per heavy atom. The van der Waals surface area contributed by atoms with Crippen molar-refractivity contribution in [2.75, 3.05) is 20.3 Å². The molecule has 0 saturated heterocycles. The first kappa shape index (κ1) is 16.4. The van der Waals surface area contributed by atoms with E-state index in [2.05, 4.69) is 4.72 Å². The Labute approximate surface area is 118 Å². The molecule has 1 aromatic rings. The summed E-state index contributed by atoms with van der Waals surface area (Å²) in [6.07, 6.45) is 0.453. The van der Waals surface area contributed by atoms with E-state index < -0.39 is 15.8 Å². The molecule has 19 heavy (non-hydrogen) atoms. The first-order chi connectivity index (χ1) is 8.86. The predicted molar refractivity (Wildman–Crippen MR) is 72.5 cm³/mol. The van der Waals surface area contributed by atoms with E-state index in [0.29, 0.717) is 18.6 Å². The lowest BCUT2D eigenvalue weighted by molar-refractivity contribution is 0.196. The molecular weight excluding hydrogens is 293 g/mol. The van der Waals surface area contributed by atoms with Crippen molar-refractivity contribution in [3.05, 3.63) is 29.6 Å². The molecule has 0 radical (unpaired) electrons. The highest BCUT2D eigenvalue weighted by Crippen LogP contribution is 2.16. The van der Waals surface area contributed by atoms with Gasteiger partial charge in [-0.2, -0.15) is 0 Å². The Hall–Kier alpha value is -0.690. The third-order valence-corrected chi connectivity index (χ3v) is 4.49. The normalized spacial score (nSPS) is 13.5. The van der Waals surface area contributed by atoms with Crippen LogP contribution in [-0.2, 0) is 14.8 Å². The van der Waals surface area contributed by atoms with E-state index in [1.807, 2.05) is 0 Å². The van der Waals surface area contributed by atoms with Gasteiger partial charge in [0.1, 0.15) is 5.82 Å². The molecule has 1 rings (SSSR count). The van der Waals surface area contributed by atoms with Crippen LogP contribution < -0.4 is 4.72 Å². The van der Waals surface area contributed by atoms with Crippen LogP contribution in [0.2, 0.25) is 0 Å². The van der Waals surface area contributed by atoms with Crippen molar-refractivity contribution in [2.24, 2.45) is 0 Å². The molecule has 0 fully saturated rings. The van der Waals surface area contributed by atoms with E-state index in [1.54, 1.807) is 6.92 Å². The van der Waals surface area contributed by atoms with Gasteiger partial charge in [0.15, 0.2) is 0 Å². The number of alkyl halides is 1. The molecule has 7 heteroatoms. The zero-order valence-electron chi connectivity index (χ0n) is 10.8. The van der Waals surface area contributed by atoms with Crippen LogP contribution in [-0.4, -0.2) is 34.1 Å². The van der Waals surface area contributed by atoms with Gasteiger partial charge in [-0.1, -0.05) is 0 Å². The lowest BCUT2D eigenvalue weighted by atomic mass is 10.2. The first-order valence-electron chi connectivity index (χ1n) is 5.75. The minimum atomic E-state index is -3.63. The van der Waals surface area contributed by atoms with E-state index in [1.165, 1.54) is 19.2 Å². The summed E-state index contributed by atoms with van der Waals surface area (Å²) in [7, 11) is -2.11. The Balaban J connectivity index is 2.66. The minimum absolute atomic E-state index is 0.0757. The second kappa shape index (κ2) is 7.19. The summed E-state index contributed by atoms with van der Waals surface area (Å²) in [5.41, 5.74) is 0.367. The van der Waals surface area contributed by atoms with Gasteiger partial charge >= 0.3 is 0 Å². The number of benzene rings is 1. The van der Waals surface area contributed by atoms with Gasteiger partial charge in [0.25, 0.3) is 0 Å². The summed E-state index contributed by atoms with van der Waals surface area (Å²) in [6.45, 7) is 2.11. The number of ether oxygens (including phenoxy) is 1. The van der Waals surface area contributed by atoms with Crippen molar-refractivity contribution in [1.29, 1.82) is 0 Å². The Morgan fingerprint density at radius 3 is 2.74 bits per heavy atom. The van der Waals surface area contributed by atoms with Crippen LogP contribution in [0.25, 0.3) is 0 Å². The van der Waals surface area contributed by atoms with Crippen molar-refractivity contribution in [2.45, 2.75) is 23.6 Å². The second-order valence-electron chi connectivity index (χ2n) is 4.15. The Kier molecular flexibility index (Phi) is 6.19. The van der Waals surface area contributed by atoms with Gasteiger partial charge < -0.3 is 4.74 Å². The van der Waals surface area contributed by atoms with Crippen LogP contribution in [0, 0.1) is 12.7 Å². The quantitative estimate of drug-likeness (QED) is 0.784. The predicted octanol–water partition coefficient (Wildman–Crippen LogP) is 2.06. The van der Waals surface area contributed by atoms with Crippen LogP contribution in [0.4, 0.5) is 4.39 Å². The SMILES string of the molecule is COCC(Cl)CCNS(=O)(=O)c1ccc(F)cc1C. The fourth-order valence-electron chi connectivity index (χ4n) is 1.61. The first-order valence-corrected chi connectivity index (χ1v) is 7.67. The van der Waals surface area contributed by atoms with Gasteiger partial charge in [0.2, 0.25) is 10.0 Å². The van der Waals surface area contributed by atoms with Crippen molar-refractivity contribution >= 4 is 21.6 Å². The van der Waals surface area contributed by atoms with E-state index in [9.17, 15) is 12.8 Å². The number of methoxy groups -OCH3 is 1. The van der Waals surface area contributed by atoms with Crippen molar-refractivity contribution in [1.82, 2.24) is 4.72 Å². The average molecular weight is 310 g/mol. The monoisotopic (exact) mass is 309 g/mol. The van der Waals surface area contributed by atoms with Crippen LogP contribution >= 0.6 is 11.6 Å². The van der Waals surface area contributed by atoms with Gasteiger partial charge in [-0.3, -0.25) is 0 Å². The Bertz CT molecular complexity index is 522. The minimum Gasteiger partial charge on any atom is -0.383 e. The topological polar surface area (TPSA) is 55.4 Å². The van der Waals surface area contributed by atoms with E-state index in [4.69, 9.17) is 16.3 Å². The molecule has 0 aromatic heterocycles. The summed E-state index contributed by atoms with van der Waals surface area (Å²) in [4.78, 5) is 0.0757. The van der Waals surface area contributed by atoms with E-state index >= 15 is 0 Å².